The third-order valence-corrected chi connectivity index (χ3v) is 2.92. The number of rotatable bonds is 2. The lowest BCUT2D eigenvalue weighted by molar-refractivity contribution is 1.22. The van der Waals surface area contributed by atoms with Crippen LogP contribution in [0.4, 0.5) is 0 Å². The molecule has 0 unspecified atom stereocenters. The Kier molecular flexibility index (Phi) is 3.68. The molecule has 1 rings (SSSR count). The lowest BCUT2D eigenvalue weighted by Crippen LogP contribution is -1.94. The molecule has 0 aliphatic rings. The summed E-state index contributed by atoms with van der Waals surface area (Å²) in [6, 6.07) is 4.33. The first kappa shape index (κ1) is 11.5. The summed E-state index contributed by atoms with van der Waals surface area (Å²) >= 11 is 0. The van der Waals surface area contributed by atoms with E-state index in [9.17, 15) is 0 Å². The van der Waals surface area contributed by atoms with E-state index in [-0.39, 0.29) is 0 Å². The second kappa shape index (κ2) is 4.79. The van der Waals surface area contributed by atoms with E-state index >= 15 is 0 Å². The van der Waals surface area contributed by atoms with E-state index in [1.165, 1.54) is 27.8 Å². The summed E-state index contributed by atoms with van der Waals surface area (Å²) in [5.74, 6) is 0. The normalized spacial score (nSPS) is 10.6. The number of hydrogen-bond donors (Lipinski definition) is 0. The van der Waals surface area contributed by atoms with Gasteiger partial charge < -0.3 is 0 Å². The summed E-state index contributed by atoms with van der Waals surface area (Å²) in [6.45, 7) is 8.52. The van der Waals surface area contributed by atoms with Crippen molar-refractivity contribution in [1.82, 2.24) is 0 Å². The van der Waals surface area contributed by atoms with Gasteiger partial charge in [0.05, 0.1) is 12.5 Å². The van der Waals surface area contributed by atoms with Crippen molar-refractivity contribution >= 4 is 6.08 Å². The van der Waals surface area contributed by atoms with E-state index in [0.717, 1.165) is 0 Å². The van der Waals surface area contributed by atoms with Crippen molar-refractivity contribution in [1.29, 1.82) is 5.26 Å². The highest BCUT2D eigenvalue weighted by molar-refractivity contribution is 5.61. The van der Waals surface area contributed by atoms with Gasteiger partial charge >= 0.3 is 0 Å². The fourth-order valence-electron chi connectivity index (χ4n) is 1.73. The van der Waals surface area contributed by atoms with Crippen LogP contribution in [0.1, 0.15) is 34.2 Å². The summed E-state index contributed by atoms with van der Waals surface area (Å²) < 4.78 is 0. The maximum absolute atomic E-state index is 8.49. The summed E-state index contributed by atoms with van der Waals surface area (Å²) in [6.07, 6.45) is 4.47. The Bertz CT molecular complexity index is 407. The van der Waals surface area contributed by atoms with E-state index in [4.69, 9.17) is 5.26 Å². The third-order valence-electron chi connectivity index (χ3n) is 2.92. The monoisotopic (exact) mass is 199 g/mol. The fraction of sp³-hybridized carbons (Fsp3) is 0.357. The van der Waals surface area contributed by atoms with E-state index in [0.29, 0.717) is 6.42 Å². The molecule has 78 valence electrons. The minimum Gasteiger partial charge on any atom is -0.198 e. The SMILES string of the molecule is Cc1cc(C)c(C)c(C=CCC#N)c1C. The molecule has 0 aliphatic carbocycles. The van der Waals surface area contributed by atoms with Crippen LogP contribution in [0.25, 0.3) is 6.08 Å². The molecular formula is C14H17N. The first-order valence-electron chi connectivity index (χ1n) is 5.18. The van der Waals surface area contributed by atoms with Gasteiger partial charge in [0, 0.05) is 0 Å². The number of benzene rings is 1. The van der Waals surface area contributed by atoms with Crippen LogP contribution in [0.2, 0.25) is 0 Å². The van der Waals surface area contributed by atoms with Crippen molar-refractivity contribution in [2.45, 2.75) is 34.1 Å². The molecule has 1 heteroatoms. The Labute approximate surface area is 92.1 Å². The van der Waals surface area contributed by atoms with Crippen LogP contribution in [0.5, 0.6) is 0 Å². The highest BCUT2D eigenvalue weighted by Gasteiger charge is 2.04. The minimum atomic E-state index is 0.478. The predicted molar refractivity (Wildman–Crippen MR) is 64.7 cm³/mol. The topological polar surface area (TPSA) is 23.8 Å². The van der Waals surface area contributed by atoms with Crippen LogP contribution in [0.3, 0.4) is 0 Å². The summed E-state index contributed by atoms with van der Waals surface area (Å²) in [7, 11) is 0. The molecule has 0 atom stereocenters. The molecule has 0 N–H and O–H groups in total. The summed E-state index contributed by atoms with van der Waals surface area (Å²) in [5.41, 5.74) is 6.52. The molecule has 0 heterocycles. The van der Waals surface area contributed by atoms with Crippen molar-refractivity contribution in [3.05, 3.63) is 40.0 Å². The molecule has 0 amide bonds. The number of aryl methyl sites for hydroxylation is 2. The molecule has 0 fully saturated rings. The lowest BCUT2D eigenvalue weighted by atomic mass is 9.94. The Morgan fingerprint density at radius 3 is 2.13 bits per heavy atom. The molecule has 1 aromatic rings. The van der Waals surface area contributed by atoms with E-state index in [2.05, 4.69) is 45.9 Å². The first-order valence-corrected chi connectivity index (χ1v) is 5.18. The molecule has 0 spiro atoms. The zero-order valence-corrected chi connectivity index (χ0v) is 9.89. The second-order valence-electron chi connectivity index (χ2n) is 3.94. The van der Waals surface area contributed by atoms with Gasteiger partial charge in [-0.05, 0) is 55.5 Å². The molecule has 0 saturated carbocycles. The Hall–Kier alpha value is -1.55. The van der Waals surface area contributed by atoms with Gasteiger partial charge in [-0.2, -0.15) is 5.26 Å². The number of nitriles is 1. The van der Waals surface area contributed by atoms with Gasteiger partial charge in [0.1, 0.15) is 0 Å². The van der Waals surface area contributed by atoms with Gasteiger partial charge in [-0.1, -0.05) is 18.2 Å². The molecule has 15 heavy (non-hydrogen) atoms. The molecule has 0 aliphatic heterocycles. The summed E-state index contributed by atoms with van der Waals surface area (Å²) in [5, 5.41) is 8.49. The zero-order chi connectivity index (χ0) is 11.4. The van der Waals surface area contributed by atoms with Gasteiger partial charge in [0.15, 0.2) is 0 Å². The van der Waals surface area contributed by atoms with Crippen molar-refractivity contribution in [2.75, 3.05) is 0 Å². The predicted octanol–water partition coefficient (Wildman–Crippen LogP) is 3.85. The standard InChI is InChI=1S/C14H17N/c1-10-9-11(2)13(4)14(12(10)3)7-5-6-8-15/h5,7,9H,6H2,1-4H3. The van der Waals surface area contributed by atoms with Crippen molar-refractivity contribution < 1.29 is 0 Å². The maximum Gasteiger partial charge on any atom is 0.0663 e. The van der Waals surface area contributed by atoms with Crippen LogP contribution < -0.4 is 0 Å². The molecule has 0 bridgehead atoms. The van der Waals surface area contributed by atoms with Gasteiger partial charge in [0.2, 0.25) is 0 Å². The van der Waals surface area contributed by atoms with E-state index in [1.54, 1.807) is 0 Å². The Morgan fingerprint density at radius 1 is 1.13 bits per heavy atom. The maximum atomic E-state index is 8.49. The lowest BCUT2D eigenvalue weighted by Gasteiger charge is -2.11. The highest BCUT2D eigenvalue weighted by atomic mass is 14.2. The average molecular weight is 199 g/mol. The van der Waals surface area contributed by atoms with E-state index in [1.807, 2.05) is 6.08 Å². The van der Waals surface area contributed by atoms with Gasteiger partial charge in [-0.15, -0.1) is 0 Å². The second-order valence-corrected chi connectivity index (χ2v) is 3.94. The largest absolute Gasteiger partial charge is 0.198 e. The van der Waals surface area contributed by atoms with Gasteiger partial charge in [0.25, 0.3) is 0 Å². The average Bonchev–Trinajstić information content (AvgIpc) is 2.20. The highest BCUT2D eigenvalue weighted by Crippen LogP contribution is 2.22. The van der Waals surface area contributed by atoms with Crippen LogP contribution in [-0.4, -0.2) is 0 Å². The molecule has 0 aromatic heterocycles. The third kappa shape index (κ3) is 2.47. The van der Waals surface area contributed by atoms with Crippen LogP contribution in [0.15, 0.2) is 12.1 Å². The number of hydrogen-bond acceptors (Lipinski definition) is 1. The molecule has 1 nitrogen and oxygen atoms in total. The molecule has 1 aromatic carbocycles. The Balaban J connectivity index is 3.22. The van der Waals surface area contributed by atoms with Crippen LogP contribution >= 0.6 is 0 Å². The quantitative estimate of drug-likeness (QED) is 0.709. The van der Waals surface area contributed by atoms with Crippen LogP contribution in [0, 0.1) is 39.0 Å². The molecule has 0 radical (unpaired) electrons. The minimum absolute atomic E-state index is 0.478. The van der Waals surface area contributed by atoms with Crippen molar-refractivity contribution in [2.24, 2.45) is 0 Å². The molecular weight excluding hydrogens is 182 g/mol. The van der Waals surface area contributed by atoms with Crippen LogP contribution in [-0.2, 0) is 0 Å². The van der Waals surface area contributed by atoms with Gasteiger partial charge in [-0.25, -0.2) is 0 Å². The number of allylic oxidation sites excluding steroid dienone is 1. The molecule has 0 saturated heterocycles. The summed E-state index contributed by atoms with van der Waals surface area (Å²) in [4.78, 5) is 0. The number of nitrogens with zero attached hydrogens (tertiary/aromatic N) is 1. The van der Waals surface area contributed by atoms with Crippen molar-refractivity contribution in [3.63, 3.8) is 0 Å². The zero-order valence-electron chi connectivity index (χ0n) is 9.89. The van der Waals surface area contributed by atoms with E-state index < -0.39 is 0 Å². The fourth-order valence-corrected chi connectivity index (χ4v) is 1.73. The van der Waals surface area contributed by atoms with Gasteiger partial charge in [-0.3, -0.25) is 0 Å². The Morgan fingerprint density at radius 2 is 1.67 bits per heavy atom. The van der Waals surface area contributed by atoms with Crippen molar-refractivity contribution in [3.8, 4) is 6.07 Å². The first-order chi connectivity index (χ1) is 7.07. The smallest absolute Gasteiger partial charge is 0.0663 e.